The number of carbonyl (C=O) groups is 1. The Bertz CT molecular complexity index is 935. The Labute approximate surface area is 148 Å². The van der Waals surface area contributed by atoms with Gasteiger partial charge in [-0.05, 0) is 42.0 Å². The molecule has 0 saturated heterocycles. The normalized spacial score (nSPS) is 16.8. The lowest BCUT2D eigenvalue weighted by atomic mass is 10.1. The van der Waals surface area contributed by atoms with Crippen molar-refractivity contribution < 1.29 is 23.7 Å². The molecule has 2 aliphatic heterocycles. The molecule has 0 fully saturated rings. The lowest BCUT2D eigenvalue weighted by molar-refractivity contribution is -0.129. The minimum atomic E-state index is -0.542. The second-order valence-electron chi connectivity index (χ2n) is 5.29. The zero-order valence-electron chi connectivity index (χ0n) is 13.1. The maximum absolute atomic E-state index is 12.1. The van der Waals surface area contributed by atoms with Gasteiger partial charge in [0.15, 0.2) is 17.2 Å². The monoisotopic (exact) mass is 357 g/mol. The third-order valence-corrected chi connectivity index (χ3v) is 4.04. The molecule has 0 N–H and O–H groups in total. The van der Waals surface area contributed by atoms with Crippen LogP contribution in [0.3, 0.4) is 0 Å². The molecule has 0 atom stereocenters. The molecule has 0 spiro atoms. The third-order valence-electron chi connectivity index (χ3n) is 3.73. The number of rotatable bonds is 3. The lowest BCUT2D eigenvalue weighted by Gasteiger charge is -2.05. The summed E-state index contributed by atoms with van der Waals surface area (Å²) < 4.78 is 20.9. The van der Waals surface area contributed by atoms with E-state index >= 15 is 0 Å². The average molecular weight is 358 g/mol. The van der Waals surface area contributed by atoms with Crippen LogP contribution in [0.2, 0.25) is 5.02 Å². The van der Waals surface area contributed by atoms with Crippen molar-refractivity contribution in [2.24, 2.45) is 4.99 Å². The van der Waals surface area contributed by atoms with Crippen LogP contribution in [0, 0.1) is 0 Å². The molecule has 126 valence electrons. The number of carbonyl (C=O) groups excluding carboxylic acids is 1. The van der Waals surface area contributed by atoms with Gasteiger partial charge in [0.25, 0.3) is 0 Å². The Balaban J connectivity index is 1.66. The third kappa shape index (κ3) is 2.92. The van der Waals surface area contributed by atoms with Gasteiger partial charge in [-0.1, -0.05) is 17.7 Å². The number of hydrogen-bond donors (Lipinski definition) is 0. The summed E-state index contributed by atoms with van der Waals surface area (Å²) in [6, 6.07) is 10.4. The van der Waals surface area contributed by atoms with Gasteiger partial charge in [0.2, 0.25) is 12.7 Å². The lowest BCUT2D eigenvalue weighted by Crippen LogP contribution is -2.06. The molecule has 0 unspecified atom stereocenters. The summed E-state index contributed by atoms with van der Waals surface area (Å²) in [7, 11) is 1.55. The summed E-state index contributed by atoms with van der Waals surface area (Å²) in [5.41, 5.74) is 1.45. The molecule has 2 aromatic carbocycles. The van der Waals surface area contributed by atoms with Gasteiger partial charge in [0.1, 0.15) is 5.75 Å². The van der Waals surface area contributed by atoms with E-state index in [9.17, 15) is 4.79 Å². The van der Waals surface area contributed by atoms with E-state index in [0.717, 1.165) is 5.56 Å². The van der Waals surface area contributed by atoms with Gasteiger partial charge >= 0.3 is 5.97 Å². The van der Waals surface area contributed by atoms with E-state index in [0.29, 0.717) is 27.8 Å². The summed E-state index contributed by atoms with van der Waals surface area (Å²) in [5, 5.41) is 0.384. The van der Waals surface area contributed by atoms with Crippen molar-refractivity contribution in [1.82, 2.24) is 0 Å². The number of aliphatic imine (C=N–C) groups is 1. The molecule has 2 heterocycles. The first kappa shape index (κ1) is 15.5. The van der Waals surface area contributed by atoms with E-state index in [1.807, 2.05) is 6.07 Å². The fourth-order valence-electron chi connectivity index (χ4n) is 2.48. The molecule has 25 heavy (non-hydrogen) atoms. The maximum atomic E-state index is 12.1. The maximum Gasteiger partial charge on any atom is 0.363 e. The van der Waals surface area contributed by atoms with Crippen molar-refractivity contribution in [3.8, 4) is 17.2 Å². The van der Waals surface area contributed by atoms with E-state index in [4.69, 9.17) is 30.5 Å². The zero-order valence-corrected chi connectivity index (χ0v) is 13.9. The molecule has 6 nitrogen and oxygen atoms in total. The van der Waals surface area contributed by atoms with Gasteiger partial charge in [-0.25, -0.2) is 9.79 Å². The minimum absolute atomic E-state index is 0.157. The van der Waals surface area contributed by atoms with Crippen molar-refractivity contribution in [3.05, 3.63) is 58.2 Å². The molecule has 7 heteroatoms. The Morgan fingerprint density at radius 2 is 2.00 bits per heavy atom. The van der Waals surface area contributed by atoms with Gasteiger partial charge in [-0.15, -0.1) is 0 Å². The van der Waals surface area contributed by atoms with Gasteiger partial charge in [-0.3, -0.25) is 0 Å². The van der Waals surface area contributed by atoms with Crippen molar-refractivity contribution in [2.45, 2.75) is 0 Å². The molecule has 0 aromatic heterocycles. The standard InChI is InChI=1S/C18H12ClNO5/c1-22-11-3-4-12(13(19)8-11)17-20-14(18(21)25-17)6-10-2-5-15-16(7-10)24-9-23-15/h2-8H,9H2,1H3/b14-6-. The number of ether oxygens (including phenoxy) is 4. The zero-order chi connectivity index (χ0) is 17.4. The van der Waals surface area contributed by atoms with Crippen molar-refractivity contribution in [2.75, 3.05) is 13.9 Å². The molecule has 4 rings (SSSR count). The van der Waals surface area contributed by atoms with Crippen molar-refractivity contribution in [3.63, 3.8) is 0 Å². The number of fused-ring (bicyclic) bond motifs is 1. The van der Waals surface area contributed by atoms with E-state index in [1.54, 1.807) is 43.5 Å². The van der Waals surface area contributed by atoms with Gasteiger partial charge in [0, 0.05) is 0 Å². The number of benzene rings is 2. The van der Waals surface area contributed by atoms with Gasteiger partial charge < -0.3 is 18.9 Å². The van der Waals surface area contributed by atoms with Crippen molar-refractivity contribution >= 4 is 29.5 Å². The van der Waals surface area contributed by atoms with E-state index in [1.165, 1.54) is 0 Å². The highest BCUT2D eigenvalue weighted by Crippen LogP contribution is 2.33. The predicted octanol–water partition coefficient (Wildman–Crippen LogP) is 3.42. The van der Waals surface area contributed by atoms with Crippen LogP contribution in [0.15, 0.2) is 47.1 Å². The summed E-state index contributed by atoms with van der Waals surface area (Å²) in [6.07, 6.45) is 1.62. The molecule has 2 aromatic rings. The van der Waals surface area contributed by atoms with Crippen LogP contribution in [0.25, 0.3) is 6.08 Å². The van der Waals surface area contributed by atoms with Crippen LogP contribution in [0.4, 0.5) is 0 Å². The van der Waals surface area contributed by atoms with Gasteiger partial charge in [-0.2, -0.15) is 0 Å². The molecular weight excluding hydrogens is 346 g/mol. The van der Waals surface area contributed by atoms with Crippen LogP contribution in [0.5, 0.6) is 17.2 Å². The molecule has 0 amide bonds. The van der Waals surface area contributed by atoms with E-state index in [2.05, 4.69) is 4.99 Å². The largest absolute Gasteiger partial charge is 0.497 e. The number of esters is 1. The second kappa shape index (κ2) is 6.14. The predicted molar refractivity (Wildman–Crippen MR) is 91.2 cm³/mol. The molecular formula is C18H12ClNO5. The Morgan fingerprint density at radius 3 is 2.80 bits per heavy atom. The molecule has 0 saturated carbocycles. The Kier molecular flexibility index (Phi) is 3.82. The first-order valence-corrected chi connectivity index (χ1v) is 7.78. The van der Waals surface area contributed by atoms with Crippen LogP contribution in [-0.2, 0) is 9.53 Å². The first-order valence-electron chi connectivity index (χ1n) is 7.40. The van der Waals surface area contributed by atoms with Crippen molar-refractivity contribution in [1.29, 1.82) is 0 Å². The average Bonchev–Trinajstić information content (AvgIpc) is 3.21. The number of cyclic esters (lactones) is 1. The summed E-state index contributed by atoms with van der Waals surface area (Å²) in [5.74, 6) is 1.52. The molecule has 0 bridgehead atoms. The van der Waals surface area contributed by atoms with Gasteiger partial charge in [0.05, 0.1) is 17.7 Å². The van der Waals surface area contributed by atoms with E-state index < -0.39 is 5.97 Å². The SMILES string of the molecule is COc1ccc(C2=N/C(=C\c3ccc4c(c3)OCO4)C(=O)O2)c(Cl)c1. The summed E-state index contributed by atoms with van der Waals surface area (Å²) in [6.45, 7) is 0.190. The quantitative estimate of drug-likeness (QED) is 0.622. The summed E-state index contributed by atoms with van der Waals surface area (Å²) in [4.78, 5) is 16.4. The Hall–Kier alpha value is -2.99. The topological polar surface area (TPSA) is 66.3 Å². The van der Waals surface area contributed by atoms with E-state index in [-0.39, 0.29) is 18.4 Å². The highest BCUT2D eigenvalue weighted by molar-refractivity contribution is 6.34. The number of nitrogens with zero attached hydrogens (tertiary/aromatic N) is 1. The number of methoxy groups -OCH3 is 1. The summed E-state index contributed by atoms with van der Waals surface area (Å²) >= 11 is 6.21. The molecule has 0 aliphatic carbocycles. The smallest absolute Gasteiger partial charge is 0.363 e. The fraction of sp³-hybridized carbons (Fsp3) is 0.111. The highest BCUT2D eigenvalue weighted by atomic mass is 35.5. The minimum Gasteiger partial charge on any atom is -0.497 e. The van der Waals surface area contributed by atoms with Crippen LogP contribution >= 0.6 is 11.6 Å². The molecule has 2 aliphatic rings. The Morgan fingerprint density at radius 1 is 1.16 bits per heavy atom. The highest BCUT2D eigenvalue weighted by Gasteiger charge is 2.26. The number of halogens is 1. The van der Waals surface area contributed by atoms with Crippen LogP contribution in [0.1, 0.15) is 11.1 Å². The molecule has 0 radical (unpaired) electrons. The second-order valence-corrected chi connectivity index (χ2v) is 5.70. The van der Waals surface area contributed by atoms with Crippen LogP contribution in [-0.4, -0.2) is 25.8 Å². The number of hydrogen-bond acceptors (Lipinski definition) is 6. The van der Waals surface area contributed by atoms with Crippen LogP contribution < -0.4 is 14.2 Å². The first-order chi connectivity index (χ1) is 12.1. The fourth-order valence-corrected chi connectivity index (χ4v) is 2.73.